The van der Waals surface area contributed by atoms with Crippen LogP contribution >= 0.6 is 0 Å². The van der Waals surface area contributed by atoms with Gasteiger partial charge in [0.05, 0.1) is 16.5 Å². The smallest absolute Gasteiger partial charge is 0.509 e. The third-order valence-electron chi connectivity index (χ3n) is 10.4. The van der Waals surface area contributed by atoms with Crippen molar-refractivity contribution in [3.05, 3.63) is 195 Å². The van der Waals surface area contributed by atoms with Gasteiger partial charge in [-0.2, -0.15) is 12.1 Å². The topological polar surface area (TPSA) is 58.9 Å². The number of para-hydroxylation sites is 2. The molecule has 3 heterocycles. The average Bonchev–Trinajstić information content (AvgIpc) is 3.83. The van der Waals surface area contributed by atoms with Crippen molar-refractivity contribution < 1.29 is 25.8 Å². The van der Waals surface area contributed by atoms with Crippen molar-refractivity contribution in [3.63, 3.8) is 0 Å². The van der Waals surface area contributed by atoms with Crippen LogP contribution in [0.25, 0.3) is 60.8 Å². The Kier molecular flexibility index (Phi) is 8.87. The normalized spacial score (nSPS) is 11.9. The predicted octanol–water partition coefficient (Wildman–Crippen LogP) is 11.7. The summed E-state index contributed by atoms with van der Waals surface area (Å²) in [6, 6.07) is 69.5. The summed E-state index contributed by atoms with van der Waals surface area (Å²) in [5.41, 5.74) is 10.1. The minimum atomic E-state index is 0. The van der Waals surface area contributed by atoms with Crippen LogP contribution in [0.5, 0.6) is 11.5 Å². The Labute approximate surface area is 348 Å². The summed E-state index contributed by atoms with van der Waals surface area (Å²) >= 11 is 0. The van der Waals surface area contributed by atoms with Gasteiger partial charge in [-0.3, -0.25) is 0 Å². The zero-order valence-corrected chi connectivity index (χ0v) is 33.0. The molecule has 0 aliphatic carbocycles. The Morgan fingerprint density at radius 1 is 0.517 bits per heavy atom. The second-order valence-corrected chi connectivity index (χ2v) is 13.7. The van der Waals surface area contributed by atoms with Crippen LogP contribution < -0.4 is 13.9 Å². The first kappa shape index (κ1) is 35.1. The van der Waals surface area contributed by atoms with Gasteiger partial charge in [-0.05, 0) is 56.8 Å². The van der Waals surface area contributed by atoms with Crippen LogP contribution in [0.1, 0.15) is 0 Å². The first-order chi connectivity index (χ1) is 28.3. The molecule has 1 aliphatic heterocycles. The van der Waals surface area contributed by atoms with Gasteiger partial charge in [-0.25, -0.2) is 15.0 Å². The van der Waals surface area contributed by atoms with Crippen LogP contribution in [0, 0.1) is 12.1 Å². The fourth-order valence-electron chi connectivity index (χ4n) is 7.93. The Morgan fingerprint density at radius 3 is 1.93 bits per heavy atom. The van der Waals surface area contributed by atoms with Crippen molar-refractivity contribution in [2.24, 2.45) is 0 Å². The number of aromatic nitrogens is 4. The molecule has 11 rings (SSSR count). The number of ether oxygens (including phenoxy) is 1. The molecule has 7 nitrogen and oxygen atoms in total. The summed E-state index contributed by atoms with van der Waals surface area (Å²) in [5, 5.41) is 4.36. The quantitative estimate of drug-likeness (QED) is 0.118. The molecule has 1 aliphatic rings. The number of rotatable bonds is 7. The van der Waals surface area contributed by atoms with Gasteiger partial charge in [-0.15, -0.1) is 23.6 Å². The van der Waals surface area contributed by atoms with E-state index in [4.69, 9.17) is 4.74 Å². The van der Waals surface area contributed by atoms with E-state index in [1.165, 1.54) is 12.7 Å². The van der Waals surface area contributed by atoms with E-state index in [0.29, 0.717) is 17.4 Å². The minimum Gasteiger partial charge on any atom is -0.509 e. The van der Waals surface area contributed by atoms with Gasteiger partial charge < -0.3 is 9.30 Å². The molecule has 0 N–H and O–H groups in total. The van der Waals surface area contributed by atoms with E-state index >= 15 is 0 Å². The molecule has 0 saturated heterocycles. The van der Waals surface area contributed by atoms with Crippen molar-refractivity contribution in [3.8, 4) is 39.7 Å². The van der Waals surface area contributed by atoms with Crippen molar-refractivity contribution in [2.45, 2.75) is 0 Å². The Balaban J connectivity index is 0.00000408. The first-order valence-electron chi connectivity index (χ1n) is 18.7. The van der Waals surface area contributed by atoms with Gasteiger partial charge in [0.15, 0.2) is 0 Å². The molecule has 58 heavy (non-hydrogen) atoms. The van der Waals surface area contributed by atoms with Crippen LogP contribution in [-0.2, 0) is 21.1 Å². The number of hydrogen-bond donors (Lipinski definition) is 0. The molecule has 8 heteroatoms. The second kappa shape index (κ2) is 14.6. The van der Waals surface area contributed by atoms with Gasteiger partial charge in [0, 0.05) is 23.1 Å². The molecule has 2 aromatic heterocycles. The first-order valence-corrected chi connectivity index (χ1v) is 18.7. The van der Waals surface area contributed by atoms with Gasteiger partial charge in [0.1, 0.15) is 18.3 Å². The van der Waals surface area contributed by atoms with Crippen LogP contribution in [0.15, 0.2) is 183 Å². The number of benzene rings is 8. The third kappa shape index (κ3) is 5.93. The van der Waals surface area contributed by atoms with Crippen molar-refractivity contribution in [1.29, 1.82) is 0 Å². The SMILES string of the molecule is C1=[N+](c2[c-]c(Oc3[c-]c4c(cc3)c3ccccc3n4-c3ncncn3)ccc2)c2ccc3ccccc3c2[N+]=1c1c(-c2ccccc2)cccc1-c1ccccc1.[Pt+2]. The largest absolute Gasteiger partial charge is 2.00 e. The van der Waals surface area contributed by atoms with E-state index in [0.717, 1.165) is 77.6 Å². The third-order valence-corrected chi connectivity index (χ3v) is 10.4. The molecular formula is C50H30N6OPt+2. The van der Waals surface area contributed by atoms with Crippen LogP contribution in [-0.4, -0.2) is 25.5 Å². The van der Waals surface area contributed by atoms with E-state index in [1.54, 1.807) is 0 Å². The van der Waals surface area contributed by atoms with Gasteiger partial charge in [0.2, 0.25) is 11.6 Å². The van der Waals surface area contributed by atoms with E-state index in [1.807, 2.05) is 41.0 Å². The number of fused-ring (bicyclic) bond motifs is 6. The fraction of sp³-hybridized carbons (Fsp3) is 0. The van der Waals surface area contributed by atoms with Crippen LogP contribution in [0.2, 0.25) is 0 Å². The zero-order chi connectivity index (χ0) is 37.7. The summed E-state index contributed by atoms with van der Waals surface area (Å²) in [7, 11) is 0. The Morgan fingerprint density at radius 2 is 1.17 bits per heavy atom. The number of nitrogens with zero attached hydrogens (tertiary/aromatic N) is 6. The monoisotopic (exact) mass is 925 g/mol. The molecule has 0 unspecified atom stereocenters. The Bertz CT molecular complexity index is 3190. The number of hydrogen-bond acceptors (Lipinski definition) is 4. The maximum atomic E-state index is 6.55. The summed E-state index contributed by atoms with van der Waals surface area (Å²) in [4.78, 5) is 12.9. The van der Waals surface area contributed by atoms with E-state index in [-0.39, 0.29) is 21.1 Å². The van der Waals surface area contributed by atoms with Crippen molar-refractivity contribution in [1.82, 2.24) is 28.7 Å². The standard InChI is InChI=1S/C50H30N6O.Pt/c1-3-13-34(14-4-1)40-22-12-23-41(35-15-5-2-6-16-35)48(40)55-33-54(46-28-25-36-17-7-8-20-42(36)49(46)55)37-18-11-19-38(29-37)57-39-26-27-44-43-21-9-10-24-45(43)56(47(44)30-39)50-52-31-51-32-53-50;/h1-28,31-32H;/q;+2. The second-order valence-electron chi connectivity index (χ2n) is 13.7. The molecule has 274 valence electrons. The van der Waals surface area contributed by atoms with E-state index in [9.17, 15) is 0 Å². The molecule has 0 amide bonds. The van der Waals surface area contributed by atoms with Crippen molar-refractivity contribution >= 4 is 61.3 Å². The van der Waals surface area contributed by atoms with Gasteiger partial charge in [-0.1, -0.05) is 125 Å². The summed E-state index contributed by atoms with van der Waals surface area (Å²) < 4.78 is 12.8. The average molecular weight is 926 g/mol. The maximum Gasteiger partial charge on any atom is 2.00 e. The molecule has 0 bridgehead atoms. The molecule has 0 fully saturated rings. The predicted molar refractivity (Wildman–Crippen MR) is 228 cm³/mol. The zero-order valence-electron chi connectivity index (χ0n) is 30.7. The fourth-order valence-corrected chi connectivity index (χ4v) is 7.93. The molecular weight excluding hydrogens is 896 g/mol. The minimum absolute atomic E-state index is 0. The summed E-state index contributed by atoms with van der Waals surface area (Å²) in [6.07, 6.45) is 3.00. The maximum absolute atomic E-state index is 6.55. The van der Waals surface area contributed by atoms with E-state index < -0.39 is 0 Å². The molecule has 0 radical (unpaired) electrons. The molecule has 0 atom stereocenters. The molecule has 0 saturated carbocycles. The van der Waals surface area contributed by atoms with Crippen LogP contribution in [0.3, 0.4) is 0 Å². The van der Waals surface area contributed by atoms with Crippen LogP contribution in [0.4, 0.5) is 22.7 Å². The summed E-state index contributed by atoms with van der Waals surface area (Å²) in [5.74, 6) is 1.60. The van der Waals surface area contributed by atoms with Gasteiger partial charge >= 0.3 is 32.8 Å². The Hall–Kier alpha value is -7.30. The van der Waals surface area contributed by atoms with Gasteiger partial charge in [0.25, 0.3) is 5.69 Å². The molecule has 0 spiro atoms. The summed E-state index contributed by atoms with van der Waals surface area (Å²) in [6.45, 7) is 0. The van der Waals surface area contributed by atoms with Crippen molar-refractivity contribution in [2.75, 3.05) is 0 Å². The van der Waals surface area contributed by atoms with E-state index in [2.05, 4.69) is 176 Å². The molecule has 8 aromatic carbocycles. The molecule has 10 aromatic rings.